The second-order valence-electron chi connectivity index (χ2n) is 5.06. The Morgan fingerprint density at radius 3 is 2.45 bits per heavy atom. The topological polar surface area (TPSA) is 88.4 Å². The van der Waals surface area contributed by atoms with Gasteiger partial charge in [0, 0.05) is 38.6 Å². The summed E-state index contributed by atoms with van der Waals surface area (Å²) in [5.41, 5.74) is 2.18. The summed E-state index contributed by atoms with van der Waals surface area (Å²) in [4.78, 5) is 4.05. The van der Waals surface area contributed by atoms with Crippen molar-refractivity contribution in [3.63, 3.8) is 0 Å². The summed E-state index contributed by atoms with van der Waals surface area (Å²) in [5, 5.41) is 10.5. The Kier molecular flexibility index (Phi) is 9.65. The summed E-state index contributed by atoms with van der Waals surface area (Å²) in [6.45, 7) is 5.97. The van der Waals surface area contributed by atoms with Gasteiger partial charge in [0.25, 0.3) is 0 Å². The molecule has 0 aliphatic rings. The van der Waals surface area contributed by atoms with E-state index in [9.17, 15) is 8.42 Å². The van der Waals surface area contributed by atoms with Crippen molar-refractivity contribution >= 4 is 39.8 Å². The molecule has 0 unspecified atom stereocenters. The molecule has 9 heteroatoms. The first-order valence-electron chi connectivity index (χ1n) is 6.95. The zero-order chi connectivity index (χ0) is 15.9. The Bertz CT molecular complexity index is 583. The molecule has 1 aromatic rings. The lowest BCUT2D eigenvalue weighted by Crippen LogP contribution is -2.40. The van der Waals surface area contributed by atoms with Gasteiger partial charge in [-0.05, 0) is 26.3 Å². The third kappa shape index (κ3) is 8.57. The molecule has 0 amide bonds. The van der Waals surface area contributed by atoms with Gasteiger partial charge in [-0.1, -0.05) is 0 Å². The van der Waals surface area contributed by atoms with Crippen molar-refractivity contribution in [1.82, 2.24) is 20.4 Å². The third-order valence-electron chi connectivity index (χ3n) is 2.93. The number of hydrogen-bond donors (Lipinski definition) is 2. The van der Waals surface area contributed by atoms with Gasteiger partial charge in [0.1, 0.15) is 9.84 Å². The fourth-order valence-electron chi connectivity index (χ4n) is 1.91. The van der Waals surface area contributed by atoms with Crippen LogP contribution in [0.3, 0.4) is 0 Å². The summed E-state index contributed by atoms with van der Waals surface area (Å²) >= 11 is 0. The molecule has 0 fully saturated rings. The van der Waals surface area contributed by atoms with Gasteiger partial charge in [0.15, 0.2) is 5.96 Å². The molecular weight excluding hydrogens is 417 g/mol. The Hall–Kier alpha value is -0.840. The molecule has 0 atom stereocenters. The highest BCUT2D eigenvalue weighted by Crippen LogP contribution is 2.02. The highest BCUT2D eigenvalue weighted by atomic mass is 127. The number of aryl methyl sites for hydroxylation is 3. The van der Waals surface area contributed by atoms with E-state index in [1.54, 1.807) is 7.05 Å². The van der Waals surface area contributed by atoms with Crippen molar-refractivity contribution in [1.29, 1.82) is 0 Å². The number of nitrogens with one attached hydrogen (secondary N) is 2. The molecule has 7 nitrogen and oxygen atoms in total. The average molecular weight is 443 g/mol. The molecule has 22 heavy (non-hydrogen) atoms. The summed E-state index contributed by atoms with van der Waals surface area (Å²) in [5.74, 6) is 0.714. The van der Waals surface area contributed by atoms with Gasteiger partial charge in [-0.2, -0.15) is 5.10 Å². The van der Waals surface area contributed by atoms with E-state index in [1.165, 1.54) is 6.26 Å². The molecule has 0 aliphatic carbocycles. The maximum absolute atomic E-state index is 11.0. The minimum atomic E-state index is -2.95. The van der Waals surface area contributed by atoms with E-state index in [0.717, 1.165) is 30.9 Å². The van der Waals surface area contributed by atoms with Crippen LogP contribution < -0.4 is 10.6 Å². The van der Waals surface area contributed by atoms with Crippen LogP contribution in [-0.4, -0.2) is 56.3 Å². The summed E-state index contributed by atoms with van der Waals surface area (Å²) in [7, 11) is -1.29. The number of sulfone groups is 1. The Labute approximate surface area is 149 Å². The second-order valence-corrected chi connectivity index (χ2v) is 7.32. The number of aliphatic imine (C=N–C) groups is 1. The Morgan fingerprint density at radius 1 is 1.32 bits per heavy atom. The van der Waals surface area contributed by atoms with Gasteiger partial charge in [-0.15, -0.1) is 24.0 Å². The van der Waals surface area contributed by atoms with E-state index in [4.69, 9.17) is 0 Å². The van der Waals surface area contributed by atoms with Crippen molar-refractivity contribution < 1.29 is 8.42 Å². The lowest BCUT2D eigenvalue weighted by molar-refractivity contribution is 0.555. The summed E-state index contributed by atoms with van der Waals surface area (Å²) in [6.07, 6.45) is 2.13. The van der Waals surface area contributed by atoms with E-state index in [0.29, 0.717) is 12.5 Å². The molecule has 0 aliphatic heterocycles. The molecule has 0 saturated heterocycles. The van der Waals surface area contributed by atoms with E-state index in [2.05, 4.69) is 26.8 Å². The normalized spacial score (nSPS) is 11.9. The minimum Gasteiger partial charge on any atom is -0.356 e. The quantitative estimate of drug-likeness (QED) is 0.281. The van der Waals surface area contributed by atoms with Crippen molar-refractivity contribution in [2.75, 3.05) is 32.1 Å². The predicted molar refractivity (Wildman–Crippen MR) is 101 cm³/mol. The first-order chi connectivity index (χ1) is 9.81. The van der Waals surface area contributed by atoms with Gasteiger partial charge in [0.2, 0.25) is 0 Å². The van der Waals surface area contributed by atoms with E-state index in [1.807, 2.05) is 18.5 Å². The maximum atomic E-state index is 11.0. The molecule has 1 rings (SSSR count). The molecule has 1 aromatic heterocycles. The fraction of sp³-hybridized carbons (Fsp3) is 0.692. The molecule has 0 bridgehead atoms. The van der Waals surface area contributed by atoms with Crippen molar-refractivity contribution in [2.24, 2.45) is 4.99 Å². The van der Waals surface area contributed by atoms with Crippen LogP contribution in [0, 0.1) is 13.8 Å². The van der Waals surface area contributed by atoms with Crippen LogP contribution in [0.4, 0.5) is 0 Å². The number of aromatic nitrogens is 2. The molecule has 128 valence electrons. The van der Waals surface area contributed by atoms with Crippen LogP contribution >= 0.6 is 24.0 Å². The predicted octanol–water partition coefficient (Wildman–Crippen LogP) is 0.718. The summed E-state index contributed by atoms with van der Waals surface area (Å²) < 4.78 is 24.1. The Morgan fingerprint density at radius 2 is 1.95 bits per heavy atom. The Balaban J connectivity index is 0.00000441. The van der Waals surface area contributed by atoms with Gasteiger partial charge in [0.05, 0.1) is 11.4 Å². The van der Waals surface area contributed by atoms with Crippen LogP contribution in [0.15, 0.2) is 11.1 Å². The van der Waals surface area contributed by atoms with Crippen LogP contribution in [0.5, 0.6) is 0 Å². The van der Waals surface area contributed by atoms with Gasteiger partial charge >= 0.3 is 0 Å². The molecule has 1 heterocycles. The number of hydrogen-bond acceptors (Lipinski definition) is 4. The maximum Gasteiger partial charge on any atom is 0.191 e. The molecule has 0 saturated carbocycles. The van der Waals surface area contributed by atoms with Crippen molar-refractivity contribution in [2.45, 2.75) is 26.8 Å². The second kappa shape index (κ2) is 10.0. The van der Waals surface area contributed by atoms with Gasteiger partial charge in [-0.25, -0.2) is 8.42 Å². The molecule has 0 spiro atoms. The van der Waals surface area contributed by atoms with Crippen LogP contribution in [0.2, 0.25) is 0 Å². The number of halogens is 1. The van der Waals surface area contributed by atoms with Crippen molar-refractivity contribution in [3.05, 3.63) is 17.5 Å². The first kappa shape index (κ1) is 21.2. The molecule has 2 N–H and O–H groups in total. The highest BCUT2D eigenvalue weighted by molar-refractivity contribution is 14.0. The smallest absolute Gasteiger partial charge is 0.191 e. The van der Waals surface area contributed by atoms with E-state index < -0.39 is 9.84 Å². The number of rotatable bonds is 7. The van der Waals surface area contributed by atoms with Crippen LogP contribution in [0.1, 0.15) is 17.8 Å². The fourth-order valence-corrected chi connectivity index (χ4v) is 2.39. The number of nitrogens with zero attached hydrogens (tertiary/aromatic N) is 3. The van der Waals surface area contributed by atoms with Gasteiger partial charge < -0.3 is 10.6 Å². The largest absolute Gasteiger partial charge is 0.356 e. The highest BCUT2D eigenvalue weighted by Gasteiger charge is 2.03. The van der Waals surface area contributed by atoms with E-state index >= 15 is 0 Å². The number of guanidine groups is 1. The van der Waals surface area contributed by atoms with Gasteiger partial charge in [-0.3, -0.25) is 9.67 Å². The molecule has 0 radical (unpaired) electrons. The lowest BCUT2D eigenvalue weighted by atomic mass is 10.4. The lowest BCUT2D eigenvalue weighted by Gasteiger charge is -2.11. The standard InChI is InChI=1S/C13H25N5O2S.HI/c1-11-10-12(2)18(17-11)8-5-6-15-13(14-3)16-7-9-21(4,19)20;/h10H,5-9H2,1-4H3,(H2,14,15,16);1H. The van der Waals surface area contributed by atoms with E-state index in [-0.39, 0.29) is 29.7 Å². The molecular formula is C13H26IN5O2S. The SMILES string of the molecule is CN=C(NCCCn1nc(C)cc1C)NCCS(C)(=O)=O.I. The first-order valence-corrected chi connectivity index (χ1v) is 9.01. The monoisotopic (exact) mass is 443 g/mol. The van der Waals surface area contributed by atoms with Crippen LogP contribution in [-0.2, 0) is 16.4 Å². The average Bonchev–Trinajstić information content (AvgIpc) is 2.69. The minimum absolute atomic E-state index is 0. The zero-order valence-electron chi connectivity index (χ0n) is 13.6. The van der Waals surface area contributed by atoms with Crippen LogP contribution in [0.25, 0.3) is 0 Å². The third-order valence-corrected chi connectivity index (χ3v) is 3.88. The van der Waals surface area contributed by atoms with Crippen molar-refractivity contribution in [3.8, 4) is 0 Å². The zero-order valence-corrected chi connectivity index (χ0v) is 16.7. The summed E-state index contributed by atoms with van der Waals surface area (Å²) in [6, 6.07) is 2.05. The molecule has 0 aromatic carbocycles.